The van der Waals surface area contributed by atoms with E-state index in [1.165, 1.54) is 0 Å². The van der Waals surface area contributed by atoms with Crippen molar-refractivity contribution in [3.8, 4) is 11.5 Å². The molecule has 0 saturated carbocycles. The van der Waals surface area contributed by atoms with Gasteiger partial charge in [-0.15, -0.1) is 0 Å². The molecule has 3 rings (SSSR count). The highest BCUT2D eigenvalue weighted by atomic mass is 35.5. The van der Waals surface area contributed by atoms with Gasteiger partial charge in [0.2, 0.25) is 10.0 Å². The van der Waals surface area contributed by atoms with Crippen LogP contribution < -0.4 is 14.8 Å². The number of rotatable bonds is 5. The molecule has 2 aromatic carbocycles. The average molecular weight is 367 g/mol. The average Bonchev–Trinajstić information content (AvgIpc) is 2.56. The van der Waals surface area contributed by atoms with Gasteiger partial charge in [0, 0.05) is 11.1 Å². The van der Waals surface area contributed by atoms with Gasteiger partial charge in [-0.25, -0.2) is 13.1 Å². The summed E-state index contributed by atoms with van der Waals surface area (Å²) >= 11 is 5.92. The smallest absolute Gasteiger partial charge is 0.240 e. The lowest BCUT2D eigenvalue weighted by Gasteiger charge is -2.23. The molecule has 2 aromatic rings. The van der Waals surface area contributed by atoms with E-state index in [1.807, 2.05) is 0 Å². The monoisotopic (exact) mass is 366 g/mol. The Morgan fingerprint density at radius 2 is 1.75 bits per heavy atom. The third kappa shape index (κ3) is 4.48. The number of sulfonamides is 1. The summed E-state index contributed by atoms with van der Waals surface area (Å²) in [5.74, 6) is 1.16. The number of halogens is 1. The van der Waals surface area contributed by atoms with Gasteiger partial charge in [-0.2, -0.15) is 0 Å². The Bertz CT molecular complexity index is 788. The van der Waals surface area contributed by atoms with Crippen LogP contribution in [-0.4, -0.2) is 27.5 Å². The maximum Gasteiger partial charge on any atom is 0.240 e. The highest BCUT2D eigenvalue weighted by molar-refractivity contribution is 7.89. The van der Waals surface area contributed by atoms with Crippen molar-refractivity contribution >= 4 is 21.6 Å². The summed E-state index contributed by atoms with van der Waals surface area (Å²) < 4.78 is 33.3. The molecular weight excluding hydrogens is 348 g/mol. The molecule has 0 amide bonds. The first-order chi connectivity index (χ1) is 11.5. The third-order valence-corrected chi connectivity index (χ3v) is 5.60. The van der Waals surface area contributed by atoms with E-state index >= 15 is 0 Å². The van der Waals surface area contributed by atoms with Gasteiger partial charge in [0.25, 0.3) is 0 Å². The van der Waals surface area contributed by atoms with Crippen molar-refractivity contribution in [3.63, 3.8) is 0 Å². The second-order valence-electron chi connectivity index (χ2n) is 5.68. The first-order valence-electron chi connectivity index (χ1n) is 7.79. The first-order valence-corrected chi connectivity index (χ1v) is 9.65. The summed E-state index contributed by atoms with van der Waals surface area (Å²) in [6.07, 6.45) is 1.60. The first kappa shape index (κ1) is 17.2. The Balaban J connectivity index is 1.69. The molecule has 7 heteroatoms. The fraction of sp³-hybridized carbons (Fsp3) is 0.294. The van der Waals surface area contributed by atoms with Crippen molar-refractivity contribution in [1.29, 1.82) is 0 Å². The molecule has 1 aliphatic heterocycles. The van der Waals surface area contributed by atoms with Gasteiger partial charge in [-0.1, -0.05) is 17.7 Å². The van der Waals surface area contributed by atoms with Crippen molar-refractivity contribution in [2.75, 3.05) is 13.1 Å². The third-order valence-electron chi connectivity index (χ3n) is 3.83. The van der Waals surface area contributed by atoms with Crippen LogP contribution in [0.1, 0.15) is 12.8 Å². The molecule has 24 heavy (non-hydrogen) atoms. The van der Waals surface area contributed by atoms with E-state index < -0.39 is 10.0 Å². The van der Waals surface area contributed by atoms with Crippen LogP contribution in [0.2, 0.25) is 5.02 Å². The summed E-state index contributed by atoms with van der Waals surface area (Å²) in [7, 11) is -3.51. The number of nitrogens with one attached hydrogen (secondary N) is 2. The zero-order valence-corrected chi connectivity index (χ0v) is 14.6. The molecule has 0 unspecified atom stereocenters. The number of benzene rings is 2. The molecule has 128 valence electrons. The SMILES string of the molecule is O=S(=O)(NC1CCNCC1)c1ccc(Oc2cccc(Cl)c2)cc1. The molecule has 0 bridgehead atoms. The highest BCUT2D eigenvalue weighted by Crippen LogP contribution is 2.25. The number of hydrogen-bond acceptors (Lipinski definition) is 4. The van der Waals surface area contributed by atoms with E-state index in [-0.39, 0.29) is 10.9 Å². The number of piperidine rings is 1. The minimum atomic E-state index is -3.51. The maximum atomic E-state index is 12.4. The van der Waals surface area contributed by atoms with Gasteiger partial charge < -0.3 is 10.1 Å². The van der Waals surface area contributed by atoms with Crippen LogP contribution in [0.3, 0.4) is 0 Å². The van der Waals surface area contributed by atoms with Crippen molar-refractivity contribution in [3.05, 3.63) is 53.6 Å². The fourth-order valence-corrected chi connectivity index (χ4v) is 4.07. The molecular formula is C17H19ClN2O3S. The highest BCUT2D eigenvalue weighted by Gasteiger charge is 2.21. The number of ether oxygens (including phenoxy) is 1. The second kappa shape index (κ2) is 7.53. The molecule has 0 aromatic heterocycles. The molecule has 1 aliphatic rings. The normalized spacial score (nSPS) is 16.0. The van der Waals surface area contributed by atoms with E-state index in [1.54, 1.807) is 48.5 Å². The van der Waals surface area contributed by atoms with Crippen molar-refractivity contribution in [2.24, 2.45) is 0 Å². The van der Waals surface area contributed by atoms with Crippen molar-refractivity contribution in [2.45, 2.75) is 23.8 Å². The standard InChI is InChI=1S/C17H19ClN2O3S/c18-13-2-1-3-16(12-13)23-15-4-6-17(7-5-15)24(21,22)20-14-8-10-19-11-9-14/h1-7,12,14,19-20H,8-11H2. The Morgan fingerprint density at radius 3 is 2.42 bits per heavy atom. The quantitative estimate of drug-likeness (QED) is 0.853. The Labute approximate surface area is 147 Å². The topological polar surface area (TPSA) is 67.4 Å². The van der Waals surface area contributed by atoms with Crippen LogP contribution in [0.25, 0.3) is 0 Å². The van der Waals surface area contributed by atoms with Crippen LogP contribution in [0.4, 0.5) is 0 Å². The summed E-state index contributed by atoms with van der Waals surface area (Å²) in [5.41, 5.74) is 0. The Hall–Kier alpha value is -1.60. The van der Waals surface area contributed by atoms with Crippen LogP contribution in [-0.2, 0) is 10.0 Å². The van der Waals surface area contributed by atoms with Crippen molar-refractivity contribution in [1.82, 2.24) is 10.0 Å². The lowest BCUT2D eigenvalue weighted by atomic mass is 10.1. The van der Waals surface area contributed by atoms with E-state index in [2.05, 4.69) is 10.0 Å². The van der Waals surface area contributed by atoms with Crippen LogP contribution in [0, 0.1) is 0 Å². The number of hydrogen-bond donors (Lipinski definition) is 2. The van der Waals surface area contributed by atoms with Crippen molar-refractivity contribution < 1.29 is 13.2 Å². The van der Waals surface area contributed by atoms with Crippen LogP contribution in [0.5, 0.6) is 11.5 Å². The van der Waals surface area contributed by atoms with Gasteiger partial charge in [0.05, 0.1) is 4.90 Å². The second-order valence-corrected chi connectivity index (χ2v) is 7.83. The zero-order valence-electron chi connectivity index (χ0n) is 13.0. The molecule has 0 aliphatic carbocycles. The maximum absolute atomic E-state index is 12.4. The predicted octanol–water partition coefficient (Wildman–Crippen LogP) is 3.16. The molecule has 0 spiro atoms. The van der Waals surface area contributed by atoms with E-state index in [9.17, 15) is 8.42 Å². The fourth-order valence-electron chi connectivity index (χ4n) is 2.58. The minimum absolute atomic E-state index is 0.0152. The Morgan fingerprint density at radius 1 is 1.04 bits per heavy atom. The molecule has 1 saturated heterocycles. The molecule has 5 nitrogen and oxygen atoms in total. The van der Waals surface area contributed by atoms with Gasteiger partial charge in [0.15, 0.2) is 0 Å². The lowest BCUT2D eigenvalue weighted by Crippen LogP contribution is -2.42. The van der Waals surface area contributed by atoms with Gasteiger partial charge >= 0.3 is 0 Å². The zero-order chi connectivity index (χ0) is 17.0. The molecule has 0 atom stereocenters. The lowest BCUT2D eigenvalue weighted by molar-refractivity contribution is 0.427. The summed E-state index contributed by atoms with van der Waals surface area (Å²) in [5, 5.41) is 3.80. The van der Waals surface area contributed by atoms with E-state index in [4.69, 9.17) is 16.3 Å². The molecule has 1 fully saturated rings. The molecule has 2 N–H and O–H groups in total. The van der Waals surface area contributed by atoms with E-state index in [0.29, 0.717) is 16.5 Å². The summed E-state index contributed by atoms with van der Waals surface area (Å²) in [6.45, 7) is 1.67. The minimum Gasteiger partial charge on any atom is -0.457 e. The van der Waals surface area contributed by atoms with Crippen LogP contribution in [0.15, 0.2) is 53.4 Å². The molecule has 1 heterocycles. The van der Waals surface area contributed by atoms with Gasteiger partial charge in [-0.05, 0) is 68.4 Å². The summed E-state index contributed by atoms with van der Waals surface area (Å²) in [6, 6.07) is 13.4. The Kier molecular flexibility index (Phi) is 5.40. The largest absolute Gasteiger partial charge is 0.457 e. The van der Waals surface area contributed by atoms with E-state index in [0.717, 1.165) is 25.9 Å². The predicted molar refractivity (Wildman–Crippen MR) is 94.2 cm³/mol. The van der Waals surface area contributed by atoms with Crippen LogP contribution >= 0.6 is 11.6 Å². The van der Waals surface area contributed by atoms with Gasteiger partial charge in [0.1, 0.15) is 11.5 Å². The van der Waals surface area contributed by atoms with Gasteiger partial charge in [-0.3, -0.25) is 0 Å². The summed E-state index contributed by atoms with van der Waals surface area (Å²) in [4.78, 5) is 0.236. The molecule has 0 radical (unpaired) electrons.